The molecule has 0 saturated carbocycles. The minimum absolute atomic E-state index is 0.471. The summed E-state index contributed by atoms with van der Waals surface area (Å²) in [6, 6.07) is 12.6. The number of hydrogen-bond acceptors (Lipinski definition) is 2. The van der Waals surface area contributed by atoms with Crippen LogP contribution in [-0.4, -0.2) is 30.1 Å². The zero-order valence-electron chi connectivity index (χ0n) is 12.8. The lowest BCUT2D eigenvalue weighted by atomic mass is 9.95. The SMILES string of the molecule is CC(C)C(NC1CCN(C(C)C)C1)c1ccccc1. The molecule has 0 aliphatic carbocycles. The number of likely N-dealkylation sites (tertiary alicyclic amines) is 1. The van der Waals surface area contributed by atoms with E-state index < -0.39 is 0 Å². The van der Waals surface area contributed by atoms with Crippen LogP contribution in [-0.2, 0) is 0 Å². The third-order valence-corrected chi connectivity index (χ3v) is 4.19. The van der Waals surface area contributed by atoms with Gasteiger partial charge in [0.25, 0.3) is 0 Å². The Balaban J connectivity index is 1.99. The molecule has 1 fully saturated rings. The van der Waals surface area contributed by atoms with Crippen molar-refractivity contribution in [3.8, 4) is 0 Å². The fourth-order valence-corrected chi connectivity index (χ4v) is 2.98. The van der Waals surface area contributed by atoms with Crippen LogP contribution in [0.3, 0.4) is 0 Å². The van der Waals surface area contributed by atoms with Gasteiger partial charge in [-0.3, -0.25) is 4.90 Å². The quantitative estimate of drug-likeness (QED) is 0.872. The molecule has 1 heterocycles. The van der Waals surface area contributed by atoms with Crippen LogP contribution in [0.4, 0.5) is 0 Å². The molecule has 2 atom stereocenters. The smallest absolute Gasteiger partial charge is 0.0346 e. The van der Waals surface area contributed by atoms with E-state index in [0.717, 1.165) is 0 Å². The van der Waals surface area contributed by atoms with Gasteiger partial charge >= 0.3 is 0 Å². The lowest BCUT2D eigenvalue weighted by Gasteiger charge is -2.27. The van der Waals surface area contributed by atoms with Crippen molar-refractivity contribution in [2.75, 3.05) is 13.1 Å². The Bertz CT molecular complexity index is 372. The molecule has 2 rings (SSSR count). The zero-order valence-corrected chi connectivity index (χ0v) is 12.8. The summed E-state index contributed by atoms with van der Waals surface area (Å²) in [5, 5.41) is 3.87. The first-order valence-electron chi connectivity index (χ1n) is 7.63. The molecular formula is C17H28N2. The van der Waals surface area contributed by atoms with E-state index >= 15 is 0 Å². The first kappa shape index (κ1) is 14.5. The average molecular weight is 260 g/mol. The van der Waals surface area contributed by atoms with Crippen molar-refractivity contribution in [1.82, 2.24) is 10.2 Å². The predicted octanol–water partition coefficient (Wildman–Crippen LogP) is 3.46. The molecule has 1 aromatic rings. The van der Waals surface area contributed by atoms with E-state index in [0.29, 0.717) is 24.0 Å². The number of nitrogens with one attached hydrogen (secondary N) is 1. The molecule has 1 aliphatic heterocycles. The first-order chi connectivity index (χ1) is 9.08. The standard InChI is InChI=1S/C17H28N2/c1-13(2)17(15-8-6-5-7-9-15)18-16-10-11-19(12-16)14(3)4/h5-9,13-14,16-18H,10-12H2,1-4H3. The second-order valence-electron chi connectivity index (χ2n) is 6.37. The van der Waals surface area contributed by atoms with Crippen LogP contribution in [0, 0.1) is 5.92 Å². The van der Waals surface area contributed by atoms with E-state index in [1.54, 1.807) is 0 Å². The third kappa shape index (κ3) is 3.80. The monoisotopic (exact) mass is 260 g/mol. The lowest BCUT2D eigenvalue weighted by molar-refractivity contribution is 0.261. The molecule has 0 aromatic heterocycles. The van der Waals surface area contributed by atoms with Crippen LogP contribution < -0.4 is 5.32 Å². The molecule has 1 N–H and O–H groups in total. The highest BCUT2D eigenvalue weighted by Gasteiger charge is 2.27. The highest BCUT2D eigenvalue weighted by atomic mass is 15.2. The van der Waals surface area contributed by atoms with Crippen molar-refractivity contribution >= 4 is 0 Å². The van der Waals surface area contributed by atoms with Crippen LogP contribution in [0.25, 0.3) is 0 Å². The van der Waals surface area contributed by atoms with Gasteiger partial charge in [-0.1, -0.05) is 44.2 Å². The van der Waals surface area contributed by atoms with Gasteiger partial charge in [0.05, 0.1) is 0 Å². The second kappa shape index (κ2) is 6.53. The number of rotatable bonds is 5. The Morgan fingerprint density at radius 1 is 1.11 bits per heavy atom. The van der Waals surface area contributed by atoms with E-state index in [1.807, 2.05) is 0 Å². The van der Waals surface area contributed by atoms with Crippen molar-refractivity contribution in [3.63, 3.8) is 0 Å². The third-order valence-electron chi connectivity index (χ3n) is 4.19. The van der Waals surface area contributed by atoms with Crippen LogP contribution >= 0.6 is 0 Å². The van der Waals surface area contributed by atoms with Gasteiger partial charge in [-0.05, 0) is 38.3 Å². The summed E-state index contributed by atoms with van der Waals surface area (Å²) in [6.45, 7) is 11.6. The molecule has 0 amide bonds. The maximum Gasteiger partial charge on any atom is 0.0346 e. The second-order valence-corrected chi connectivity index (χ2v) is 6.37. The van der Waals surface area contributed by atoms with Crippen LogP contribution in [0.2, 0.25) is 0 Å². The number of hydrogen-bond donors (Lipinski definition) is 1. The molecule has 2 heteroatoms. The van der Waals surface area contributed by atoms with E-state index in [9.17, 15) is 0 Å². The summed E-state index contributed by atoms with van der Waals surface area (Å²) in [5.41, 5.74) is 1.42. The normalized spacial score (nSPS) is 22.3. The molecule has 2 nitrogen and oxygen atoms in total. The summed E-state index contributed by atoms with van der Waals surface area (Å²) in [6.07, 6.45) is 1.27. The minimum Gasteiger partial charge on any atom is -0.306 e. The molecule has 1 aromatic carbocycles. The molecule has 1 saturated heterocycles. The Hall–Kier alpha value is -0.860. The highest BCUT2D eigenvalue weighted by molar-refractivity contribution is 5.19. The summed E-state index contributed by atoms with van der Waals surface area (Å²) in [5.74, 6) is 0.621. The maximum absolute atomic E-state index is 3.87. The largest absolute Gasteiger partial charge is 0.306 e. The van der Waals surface area contributed by atoms with Crippen LogP contribution in [0.1, 0.15) is 45.7 Å². The molecule has 0 bridgehead atoms. The molecule has 0 spiro atoms. The maximum atomic E-state index is 3.87. The van der Waals surface area contributed by atoms with Crippen molar-refractivity contribution < 1.29 is 0 Å². The predicted molar refractivity (Wildman–Crippen MR) is 82.3 cm³/mol. The molecule has 2 unspecified atom stereocenters. The van der Waals surface area contributed by atoms with Crippen molar-refractivity contribution in [3.05, 3.63) is 35.9 Å². The summed E-state index contributed by atoms with van der Waals surface area (Å²) < 4.78 is 0. The molecule has 1 aliphatic rings. The average Bonchev–Trinajstić information content (AvgIpc) is 2.85. The summed E-state index contributed by atoms with van der Waals surface area (Å²) >= 11 is 0. The molecule has 0 radical (unpaired) electrons. The van der Waals surface area contributed by atoms with Gasteiger partial charge < -0.3 is 5.32 Å². The summed E-state index contributed by atoms with van der Waals surface area (Å²) in [7, 11) is 0. The molecule has 19 heavy (non-hydrogen) atoms. The van der Waals surface area contributed by atoms with Crippen molar-refractivity contribution in [2.45, 2.75) is 52.2 Å². The molecular weight excluding hydrogens is 232 g/mol. The van der Waals surface area contributed by atoms with Crippen molar-refractivity contribution in [1.29, 1.82) is 0 Å². The highest BCUT2D eigenvalue weighted by Crippen LogP contribution is 2.24. The lowest BCUT2D eigenvalue weighted by Crippen LogP contribution is -2.38. The van der Waals surface area contributed by atoms with Crippen LogP contribution in [0.15, 0.2) is 30.3 Å². The van der Waals surface area contributed by atoms with Gasteiger partial charge in [-0.25, -0.2) is 0 Å². The summed E-state index contributed by atoms with van der Waals surface area (Å²) in [4.78, 5) is 2.57. The van der Waals surface area contributed by atoms with E-state index in [-0.39, 0.29) is 0 Å². The topological polar surface area (TPSA) is 15.3 Å². The Kier molecular flexibility index (Phi) is 5.00. The number of nitrogens with zero attached hydrogens (tertiary/aromatic N) is 1. The van der Waals surface area contributed by atoms with Crippen LogP contribution in [0.5, 0.6) is 0 Å². The number of benzene rings is 1. The zero-order chi connectivity index (χ0) is 13.8. The van der Waals surface area contributed by atoms with E-state index in [1.165, 1.54) is 25.1 Å². The fourth-order valence-electron chi connectivity index (χ4n) is 2.98. The fraction of sp³-hybridized carbons (Fsp3) is 0.647. The Morgan fingerprint density at radius 3 is 2.32 bits per heavy atom. The Morgan fingerprint density at radius 2 is 1.79 bits per heavy atom. The van der Waals surface area contributed by atoms with Crippen molar-refractivity contribution in [2.24, 2.45) is 5.92 Å². The van der Waals surface area contributed by atoms with Gasteiger partial charge in [-0.2, -0.15) is 0 Å². The van der Waals surface area contributed by atoms with Gasteiger partial charge in [0.15, 0.2) is 0 Å². The van der Waals surface area contributed by atoms with Gasteiger partial charge in [0, 0.05) is 24.7 Å². The van der Waals surface area contributed by atoms with E-state index in [4.69, 9.17) is 0 Å². The van der Waals surface area contributed by atoms with Gasteiger partial charge in [0.2, 0.25) is 0 Å². The van der Waals surface area contributed by atoms with E-state index in [2.05, 4.69) is 68.2 Å². The Labute approximate surface area is 118 Å². The minimum atomic E-state index is 0.471. The first-order valence-corrected chi connectivity index (χ1v) is 7.63. The van der Waals surface area contributed by atoms with Gasteiger partial charge in [-0.15, -0.1) is 0 Å². The van der Waals surface area contributed by atoms with Gasteiger partial charge in [0.1, 0.15) is 0 Å². The molecule has 106 valence electrons.